The largest absolute Gasteiger partial charge is 0.396 e. The van der Waals surface area contributed by atoms with E-state index < -0.39 is 0 Å². The molecule has 5 aliphatic rings. The lowest BCUT2D eigenvalue weighted by Gasteiger charge is -2.71. The lowest BCUT2D eigenvalue weighted by atomic mass is 9.33. The Balaban J connectivity index is 1.59. The molecule has 0 aromatic rings. The van der Waals surface area contributed by atoms with Crippen LogP contribution < -0.4 is 0 Å². The average Bonchev–Trinajstić information content (AvgIpc) is 2.75. The van der Waals surface area contributed by atoms with Crippen molar-refractivity contribution in [3.8, 4) is 0 Å². The molecule has 182 valence electrons. The highest BCUT2D eigenvalue weighted by molar-refractivity contribution is 5.33. The number of aliphatic hydroxyl groups is 2. The standard InChI is InChI=1S/C30H50O2/c1-19-10-13-26(3)16-17-29(6)21(25(26)20(19)2)8-9-23-27(4)14-12-24(32)28(5,18-31)22(27)11-15-30(23,29)7/h8,19-20,22-25,31-32H,9-18H2,1-7H3/t19-,20+,22+,23-,24-,25+,26-,27+,28-,29-,30-/m1/s1. The lowest BCUT2D eigenvalue weighted by molar-refractivity contribution is -0.215. The van der Waals surface area contributed by atoms with Gasteiger partial charge in [-0.3, -0.25) is 0 Å². The molecule has 0 aromatic heterocycles. The van der Waals surface area contributed by atoms with Crippen molar-refractivity contribution in [2.24, 2.45) is 56.7 Å². The van der Waals surface area contributed by atoms with E-state index in [-0.39, 0.29) is 23.5 Å². The number of allylic oxidation sites excluding steroid dienone is 2. The maximum absolute atomic E-state index is 10.9. The molecular weight excluding hydrogens is 392 g/mol. The topological polar surface area (TPSA) is 40.5 Å². The maximum atomic E-state index is 10.9. The average molecular weight is 443 g/mol. The van der Waals surface area contributed by atoms with Crippen LogP contribution in [0.3, 0.4) is 0 Å². The van der Waals surface area contributed by atoms with Gasteiger partial charge in [-0.15, -0.1) is 0 Å². The van der Waals surface area contributed by atoms with Gasteiger partial charge in [-0.1, -0.05) is 60.1 Å². The van der Waals surface area contributed by atoms with E-state index in [4.69, 9.17) is 0 Å². The molecule has 0 spiro atoms. The van der Waals surface area contributed by atoms with Crippen molar-refractivity contribution < 1.29 is 10.2 Å². The van der Waals surface area contributed by atoms with Crippen LogP contribution in [0.15, 0.2) is 11.6 Å². The van der Waals surface area contributed by atoms with Gasteiger partial charge in [-0.2, -0.15) is 0 Å². The fourth-order valence-corrected chi connectivity index (χ4v) is 10.9. The first-order valence-corrected chi connectivity index (χ1v) is 13.9. The first kappa shape index (κ1) is 23.4. The van der Waals surface area contributed by atoms with Crippen LogP contribution in [0, 0.1) is 56.7 Å². The van der Waals surface area contributed by atoms with Gasteiger partial charge in [0.2, 0.25) is 0 Å². The summed E-state index contributed by atoms with van der Waals surface area (Å²) in [4.78, 5) is 0. The molecule has 0 saturated heterocycles. The summed E-state index contributed by atoms with van der Waals surface area (Å²) in [6, 6.07) is 0. The molecule has 0 amide bonds. The predicted molar refractivity (Wildman–Crippen MR) is 132 cm³/mol. The quantitative estimate of drug-likeness (QED) is 0.429. The van der Waals surface area contributed by atoms with Crippen LogP contribution in [0.25, 0.3) is 0 Å². The van der Waals surface area contributed by atoms with Crippen LogP contribution in [-0.2, 0) is 0 Å². The van der Waals surface area contributed by atoms with Crippen LogP contribution >= 0.6 is 0 Å². The zero-order valence-corrected chi connectivity index (χ0v) is 22.0. The molecule has 0 aliphatic heterocycles. The van der Waals surface area contributed by atoms with Gasteiger partial charge in [0.15, 0.2) is 0 Å². The lowest BCUT2D eigenvalue weighted by Crippen LogP contribution is -2.65. The van der Waals surface area contributed by atoms with Crippen LogP contribution in [-0.4, -0.2) is 22.9 Å². The Labute approximate surface area is 197 Å². The molecule has 0 radical (unpaired) electrons. The van der Waals surface area contributed by atoms with E-state index in [1.165, 1.54) is 38.5 Å². The van der Waals surface area contributed by atoms with Gasteiger partial charge in [0.1, 0.15) is 0 Å². The number of rotatable bonds is 1. The van der Waals surface area contributed by atoms with E-state index >= 15 is 0 Å². The van der Waals surface area contributed by atoms with Crippen LogP contribution in [0.1, 0.15) is 106 Å². The molecule has 0 unspecified atom stereocenters. The summed E-state index contributed by atoms with van der Waals surface area (Å²) in [5, 5.41) is 21.3. The maximum Gasteiger partial charge on any atom is 0.0618 e. The minimum atomic E-state index is -0.361. The van der Waals surface area contributed by atoms with Crippen molar-refractivity contribution in [1.82, 2.24) is 0 Å². The molecule has 0 aromatic carbocycles. The SMILES string of the molecule is C[C@H]1[C@H](C)CC[C@]2(C)CC[C@]3(C)C(=CC[C@@H]4[C@@]5(C)CC[C@@H](O)[C@](C)(CO)[C@H]5CC[C@]43C)[C@H]12. The Morgan fingerprint density at radius 1 is 0.875 bits per heavy atom. The summed E-state index contributed by atoms with van der Waals surface area (Å²) < 4.78 is 0. The summed E-state index contributed by atoms with van der Waals surface area (Å²) in [5.41, 5.74) is 2.81. The summed E-state index contributed by atoms with van der Waals surface area (Å²) in [6.07, 6.45) is 13.5. The van der Waals surface area contributed by atoms with Gasteiger partial charge in [-0.05, 0) is 109 Å². The first-order valence-electron chi connectivity index (χ1n) is 13.9. The molecule has 2 nitrogen and oxygen atoms in total. The summed E-state index contributed by atoms with van der Waals surface area (Å²) >= 11 is 0. The van der Waals surface area contributed by atoms with E-state index in [1.54, 1.807) is 0 Å². The number of fused-ring (bicyclic) bond motifs is 7. The first-order chi connectivity index (χ1) is 14.9. The molecule has 4 saturated carbocycles. The molecule has 32 heavy (non-hydrogen) atoms. The fraction of sp³-hybridized carbons (Fsp3) is 0.933. The minimum Gasteiger partial charge on any atom is -0.396 e. The molecule has 0 bridgehead atoms. The smallest absolute Gasteiger partial charge is 0.0618 e. The Kier molecular flexibility index (Phi) is 5.19. The van der Waals surface area contributed by atoms with E-state index in [9.17, 15) is 10.2 Å². The van der Waals surface area contributed by atoms with Crippen molar-refractivity contribution in [2.45, 2.75) is 112 Å². The van der Waals surface area contributed by atoms with E-state index in [1.807, 2.05) is 5.57 Å². The monoisotopic (exact) mass is 442 g/mol. The van der Waals surface area contributed by atoms with E-state index in [2.05, 4.69) is 54.5 Å². The third-order valence-electron chi connectivity index (χ3n) is 13.5. The normalized spacial score (nSPS) is 59.8. The molecule has 0 heterocycles. The van der Waals surface area contributed by atoms with Gasteiger partial charge in [0.25, 0.3) is 0 Å². The van der Waals surface area contributed by atoms with Crippen LogP contribution in [0.4, 0.5) is 0 Å². The van der Waals surface area contributed by atoms with Gasteiger partial charge in [0.05, 0.1) is 12.7 Å². The Morgan fingerprint density at radius 3 is 2.28 bits per heavy atom. The van der Waals surface area contributed by atoms with Crippen molar-refractivity contribution in [2.75, 3.05) is 6.61 Å². The number of aliphatic hydroxyl groups excluding tert-OH is 2. The van der Waals surface area contributed by atoms with Gasteiger partial charge < -0.3 is 10.2 Å². The highest BCUT2D eigenvalue weighted by Crippen LogP contribution is 2.75. The van der Waals surface area contributed by atoms with Gasteiger partial charge >= 0.3 is 0 Å². The van der Waals surface area contributed by atoms with Crippen molar-refractivity contribution in [3.63, 3.8) is 0 Å². The van der Waals surface area contributed by atoms with Gasteiger partial charge in [0, 0.05) is 5.41 Å². The Bertz CT molecular complexity index is 803. The number of hydrogen-bond donors (Lipinski definition) is 2. The Hall–Kier alpha value is -0.340. The molecule has 2 N–H and O–H groups in total. The summed E-state index contributed by atoms with van der Waals surface area (Å²) in [5.74, 6) is 3.45. The van der Waals surface area contributed by atoms with Crippen molar-refractivity contribution in [3.05, 3.63) is 11.6 Å². The minimum absolute atomic E-state index is 0.117. The second kappa shape index (κ2) is 7.09. The highest BCUT2D eigenvalue weighted by Gasteiger charge is 2.68. The zero-order chi connectivity index (χ0) is 23.3. The van der Waals surface area contributed by atoms with Gasteiger partial charge in [-0.25, -0.2) is 0 Å². The highest BCUT2D eigenvalue weighted by atomic mass is 16.3. The van der Waals surface area contributed by atoms with E-state index in [0.29, 0.717) is 28.1 Å². The molecule has 11 atom stereocenters. The molecule has 4 fully saturated rings. The second-order valence-corrected chi connectivity index (χ2v) is 14.5. The molecule has 5 aliphatic carbocycles. The zero-order valence-electron chi connectivity index (χ0n) is 22.0. The predicted octanol–water partition coefficient (Wildman–Crippen LogP) is 7.00. The van der Waals surface area contributed by atoms with Crippen LogP contribution in [0.2, 0.25) is 0 Å². The third kappa shape index (κ3) is 2.66. The molecule has 5 rings (SSSR count). The number of hydrogen-bond acceptors (Lipinski definition) is 2. The van der Waals surface area contributed by atoms with E-state index in [0.717, 1.165) is 37.0 Å². The van der Waals surface area contributed by atoms with Crippen molar-refractivity contribution >= 4 is 0 Å². The summed E-state index contributed by atoms with van der Waals surface area (Å²) in [7, 11) is 0. The molecular formula is C30H50O2. The van der Waals surface area contributed by atoms with Crippen LogP contribution in [0.5, 0.6) is 0 Å². The fourth-order valence-electron chi connectivity index (χ4n) is 10.9. The molecule has 2 heteroatoms. The van der Waals surface area contributed by atoms with Crippen molar-refractivity contribution in [1.29, 1.82) is 0 Å². The third-order valence-corrected chi connectivity index (χ3v) is 13.5. The second-order valence-electron chi connectivity index (χ2n) is 14.5. The summed E-state index contributed by atoms with van der Waals surface area (Å²) in [6.45, 7) is 17.8. The Morgan fingerprint density at radius 2 is 1.59 bits per heavy atom.